The number of aliphatic hydroxyl groups is 1. The molecule has 0 aromatic rings. The molecule has 0 aromatic carbocycles. The fraction of sp³-hybridized carbons (Fsp3) is 0.714. The van der Waals surface area contributed by atoms with Gasteiger partial charge >= 0.3 is 6.09 Å². The van der Waals surface area contributed by atoms with Crippen molar-refractivity contribution in [3.8, 4) is 0 Å². The Hall–Kier alpha value is -1.36. The number of nitrogens with zero attached hydrogens (tertiary/aromatic N) is 1. The van der Waals surface area contributed by atoms with E-state index in [1.807, 2.05) is 20.8 Å². The number of cyclic esters (lactones) is 1. The lowest BCUT2D eigenvalue weighted by Gasteiger charge is -2.36. The van der Waals surface area contributed by atoms with Crippen molar-refractivity contribution in [1.29, 1.82) is 0 Å². The molecule has 1 aliphatic heterocycles. The maximum absolute atomic E-state index is 12.6. The summed E-state index contributed by atoms with van der Waals surface area (Å²) in [5, 5.41) is 9.87. The molecule has 0 unspecified atom stereocenters. The Balaban J connectivity index is 3.09. The molecule has 0 spiro atoms. The summed E-state index contributed by atoms with van der Waals surface area (Å²) >= 11 is 0. The highest BCUT2D eigenvalue weighted by atomic mass is 16.6. The second kappa shape index (κ2) is 4.96. The molecular weight excluding hydrogens is 246 g/mol. The minimum absolute atomic E-state index is 0.189. The second-order valence-corrected chi connectivity index (χ2v) is 6.54. The third kappa shape index (κ3) is 2.81. The Morgan fingerprint density at radius 1 is 1.47 bits per heavy atom. The molecular formula is C14H23NO4. The third-order valence-electron chi connectivity index (χ3n) is 3.61. The molecule has 1 N–H and O–H groups in total. The van der Waals surface area contributed by atoms with Crippen molar-refractivity contribution in [2.75, 3.05) is 6.61 Å². The van der Waals surface area contributed by atoms with Crippen LogP contribution in [0.15, 0.2) is 12.7 Å². The first-order valence-electron chi connectivity index (χ1n) is 6.34. The normalized spacial score (nSPS) is 22.1. The van der Waals surface area contributed by atoms with E-state index < -0.39 is 23.5 Å². The largest absolute Gasteiger partial charge is 0.447 e. The molecule has 1 fully saturated rings. The zero-order valence-corrected chi connectivity index (χ0v) is 12.3. The van der Waals surface area contributed by atoms with Crippen LogP contribution in [-0.2, 0) is 9.53 Å². The van der Waals surface area contributed by atoms with Crippen molar-refractivity contribution in [2.45, 2.75) is 46.8 Å². The van der Waals surface area contributed by atoms with Crippen molar-refractivity contribution in [1.82, 2.24) is 4.90 Å². The van der Waals surface area contributed by atoms with Crippen molar-refractivity contribution < 1.29 is 19.4 Å². The fourth-order valence-corrected chi connectivity index (χ4v) is 2.01. The van der Waals surface area contributed by atoms with Gasteiger partial charge in [0.15, 0.2) is 0 Å². The van der Waals surface area contributed by atoms with Crippen LogP contribution in [0.4, 0.5) is 4.79 Å². The monoisotopic (exact) mass is 269 g/mol. The van der Waals surface area contributed by atoms with Gasteiger partial charge in [0, 0.05) is 0 Å². The van der Waals surface area contributed by atoms with Gasteiger partial charge in [-0.15, -0.1) is 6.58 Å². The predicted molar refractivity (Wildman–Crippen MR) is 71.4 cm³/mol. The van der Waals surface area contributed by atoms with Gasteiger partial charge in [-0.2, -0.15) is 0 Å². The van der Waals surface area contributed by atoms with Gasteiger partial charge in [-0.05, 0) is 19.3 Å². The molecule has 0 aliphatic carbocycles. The molecule has 1 aliphatic rings. The second-order valence-electron chi connectivity index (χ2n) is 6.54. The molecule has 19 heavy (non-hydrogen) atoms. The number of rotatable bonds is 3. The molecule has 108 valence electrons. The van der Waals surface area contributed by atoms with Crippen LogP contribution >= 0.6 is 0 Å². The Morgan fingerprint density at radius 3 is 2.42 bits per heavy atom. The first-order valence-corrected chi connectivity index (χ1v) is 6.34. The minimum atomic E-state index is -1.12. The maximum Gasteiger partial charge on any atom is 0.417 e. The molecule has 5 heteroatoms. The summed E-state index contributed by atoms with van der Waals surface area (Å²) < 4.78 is 4.99. The van der Waals surface area contributed by atoms with Crippen molar-refractivity contribution >= 4 is 12.0 Å². The van der Waals surface area contributed by atoms with Gasteiger partial charge in [-0.25, -0.2) is 9.69 Å². The average molecular weight is 269 g/mol. The fourth-order valence-electron chi connectivity index (χ4n) is 2.01. The molecule has 0 radical (unpaired) electrons. The molecule has 1 rings (SSSR count). The van der Waals surface area contributed by atoms with Gasteiger partial charge < -0.3 is 9.84 Å². The zero-order chi connectivity index (χ0) is 15.0. The minimum Gasteiger partial charge on any atom is -0.447 e. The van der Waals surface area contributed by atoms with Crippen LogP contribution in [-0.4, -0.2) is 40.8 Å². The van der Waals surface area contributed by atoms with E-state index in [4.69, 9.17) is 4.74 Å². The summed E-state index contributed by atoms with van der Waals surface area (Å²) in [6, 6.07) is -0.330. The van der Waals surface area contributed by atoms with E-state index in [-0.39, 0.29) is 18.1 Å². The standard InChI is InChI=1S/C14H23NO4/c1-7-10(16)14(5,6)11(17)15-9(13(2,3)4)8-19-12(15)18/h7,9-10,16H,1,8H2,2-6H3/t9-,10+/m0/s1. The summed E-state index contributed by atoms with van der Waals surface area (Å²) in [4.78, 5) is 25.5. The van der Waals surface area contributed by atoms with Gasteiger partial charge in [0.2, 0.25) is 5.91 Å². The van der Waals surface area contributed by atoms with Crippen LogP contribution < -0.4 is 0 Å². The number of imide groups is 1. The Kier molecular flexibility index (Phi) is 4.10. The first kappa shape index (κ1) is 15.7. The highest BCUT2D eigenvalue weighted by Crippen LogP contribution is 2.34. The Bertz CT molecular complexity index is 395. The van der Waals surface area contributed by atoms with E-state index in [0.717, 1.165) is 4.90 Å². The maximum atomic E-state index is 12.6. The van der Waals surface area contributed by atoms with Crippen LogP contribution in [0, 0.1) is 10.8 Å². The van der Waals surface area contributed by atoms with Crippen LogP contribution in [0.5, 0.6) is 0 Å². The molecule has 0 aromatic heterocycles. The number of carbonyl (C=O) groups is 2. The Labute approximate surface area is 114 Å². The smallest absolute Gasteiger partial charge is 0.417 e. The number of amides is 2. The highest BCUT2D eigenvalue weighted by Gasteiger charge is 2.49. The molecule has 0 bridgehead atoms. The zero-order valence-electron chi connectivity index (χ0n) is 12.3. The van der Waals surface area contributed by atoms with E-state index in [1.54, 1.807) is 13.8 Å². The van der Waals surface area contributed by atoms with Crippen LogP contribution in [0.1, 0.15) is 34.6 Å². The van der Waals surface area contributed by atoms with Gasteiger partial charge in [-0.1, -0.05) is 26.8 Å². The van der Waals surface area contributed by atoms with Gasteiger partial charge in [0.1, 0.15) is 6.61 Å². The van der Waals surface area contributed by atoms with Crippen LogP contribution in [0.25, 0.3) is 0 Å². The van der Waals surface area contributed by atoms with Gasteiger partial charge in [-0.3, -0.25) is 4.79 Å². The third-order valence-corrected chi connectivity index (χ3v) is 3.61. The van der Waals surface area contributed by atoms with Gasteiger partial charge in [0.25, 0.3) is 0 Å². The van der Waals surface area contributed by atoms with Crippen molar-refractivity contribution in [3.63, 3.8) is 0 Å². The molecule has 2 atom stereocenters. The molecule has 0 saturated carbocycles. The average Bonchev–Trinajstić information content (AvgIpc) is 2.68. The topological polar surface area (TPSA) is 66.8 Å². The summed E-state index contributed by atoms with van der Waals surface area (Å²) in [7, 11) is 0. The molecule has 1 saturated heterocycles. The lowest BCUT2D eigenvalue weighted by molar-refractivity contribution is -0.144. The molecule has 2 amide bonds. The van der Waals surface area contributed by atoms with E-state index in [0.29, 0.717) is 0 Å². The van der Waals surface area contributed by atoms with Crippen molar-refractivity contribution in [3.05, 3.63) is 12.7 Å². The van der Waals surface area contributed by atoms with Gasteiger partial charge in [0.05, 0.1) is 17.6 Å². The number of aliphatic hydroxyl groups excluding tert-OH is 1. The number of hydrogen-bond acceptors (Lipinski definition) is 4. The lowest BCUT2D eigenvalue weighted by atomic mass is 9.81. The molecule has 5 nitrogen and oxygen atoms in total. The quantitative estimate of drug-likeness (QED) is 0.795. The number of ether oxygens (including phenoxy) is 1. The van der Waals surface area contributed by atoms with E-state index in [2.05, 4.69) is 6.58 Å². The van der Waals surface area contributed by atoms with E-state index in [9.17, 15) is 14.7 Å². The van der Waals surface area contributed by atoms with Crippen molar-refractivity contribution in [2.24, 2.45) is 10.8 Å². The number of hydrogen-bond donors (Lipinski definition) is 1. The number of carbonyl (C=O) groups excluding carboxylic acids is 2. The first-order chi connectivity index (χ1) is 8.53. The van der Waals surface area contributed by atoms with E-state index in [1.165, 1.54) is 6.08 Å². The summed E-state index contributed by atoms with van der Waals surface area (Å²) in [6.45, 7) is 12.7. The lowest BCUT2D eigenvalue weighted by Crippen LogP contribution is -2.53. The Morgan fingerprint density at radius 2 is 2.00 bits per heavy atom. The predicted octanol–water partition coefficient (Wildman–Crippen LogP) is 1.95. The summed E-state index contributed by atoms with van der Waals surface area (Å²) in [5.74, 6) is -0.442. The van der Waals surface area contributed by atoms with Crippen LogP contribution in [0.2, 0.25) is 0 Å². The van der Waals surface area contributed by atoms with Crippen LogP contribution in [0.3, 0.4) is 0 Å². The highest BCUT2D eigenvalue weighted by molar-refractivity contribution is 5.97. The molecule has 1 heterocycles. The summed E-state index contributed by atoms with van der Waals surface area (Å²) in [6.07, 6.45) is -0.367. The summed E-state index contributed by atoms with van der Waals surface area (Å²) in [5.41, 5.74) is -1.40. The SMILES string of the molecule is C=C[C@@H](O)C(C)(C)C(=O)N1C(=O)OC[C@H]1C(C)(C)C. The van der Waals surface area contributed by atoms with E-state index >= 15 is 0 Å².